The van der Waals surface area contributed by atoms with Gasteiger partial charge < -0.3 is 9.64 Å². The van der Waals surface area contributed by atoms with Crippen LogP contribution >= 0.6 is 0 Å². The zero-order valence-electron chi connectivity index (χ0n) is 13.9. The van der Waals surface area contributed by atoms with Gasteiger partial charge in [-0.15, -0.1) is 0 Å². The fourth-order valence-corrected chi connectivity index (χ4v) is 2.87. The minimum atomic E-state index is -0.345. The Hall–Kier alpha value is -2.13. The Labute approximate surface area is 137 Å². The van der Waals surface area contributed by atoms with Gasteiger partial charge in [-0.25, -0.2) is 0 Å². The lowest BCUT2D eigenvalue weighted by Gasteiger charge is -2.29. The van der Waals surface area contributed by atoms with E-state index >= 15 is 0 Å². The molecule has 1 amide bonds. The Bertz CT molecular complexity index is 667. The predicted molar refractivity (Wildman–Crippen MR) is 90.8 cm³/mol. The Morgan fingerprint density at radius 1 is 1.09 bits per heavy atom. The minimum absolute atomic E-state index is 0.00362. The maximum Gasteiger partial charge on any atom is 0.255 e. The summed E-state index contributed by atoms with van der Waals surface area (Å²) in [7, 11) is 0. The molecule has 23 heavy (non-hydrogen) atoms. The number of ether oxygens (including phenoxy) is 1. The summed E-state index contributed by atoms with van der Waals surface area (Å²) in [4.78, 5) is 14.9. The highest BCUT2D eigenvalue weighted by molar-refractivity contribution is 5.85. The molecular formula is C20H23NO2. The van der Waals surface area contributed by atoms with Crippen molar-refractivity contribution in [2.24, 2.45) is 0 Å². The molecule has 2 atom stereocenters. The lowest BCUT2D eigenvalue weighted by molar-refractivity contribution is -0.135. The van der Waals surface area contributed by atoms with Gasteiger partial charge in [0.05, 0.1) is 11.6 Å². The lowest BCUT2D eigenvalue weighted by Crippen LogP contribution is -2.37. The van der Waals surface area contributed by atoms with E-state index in [1.54, 1.807) is 0 Å². The molecule has 0 N–H and O–H groups in total. The van der Waals surface area contributed by atoms with Crippen molar-refractivity contribution < 1.29 is 9.53 Å². The average Bonchev–Trinajstić information content (AvgIpc) is 3.22. The van der Waals surface area contributed by atoms with Crippen LogP contribution < -0.4 is 0 Å². The van der Waals surface area contributed by atoms with Gasteiger partial charge in [-0.2, -0.15) is 0 Å². The molecule has 3 heteroatoms. The summed E-state index contributed by atoms with van der Waals surface area (Å²) >= 11 is 0. The molecule has 0 spiro atoms. The van der Waals surface area contributed by atoms with Crippen molar-refractivity contribution >= 4 is 5.91 Å². The van der Waals surface area contributed by atoms with E-state index in [-0.39, 0.29) is 23.7 Å². The maximum absolute atomic E-state index is 12.9. The van der Waals surface area contributed by atoms with E-state index in [0.717, 1.165) is 11.1 Å². The second kappa shape index (κ2) is 6.17. The van der Waals surface area contributed by atoms with Crippen LogP contribution in [0.3, 0.4) is 0 Å². The van der Waals surface area contributed by atoms with E-state index in [1.165, 1.54) is 0 Å². The van der Waals surface area contributed by atoms with Gasteiger partial charge in [0.15, 0.2) is 6.10 Å². The zero-order valence-corrected chi connectivity index (χ0v) is 13.9. The number of hydrogen-bond donors (Lipinski definition) is 0. The summed E-state index contributed by atoms with van der Waals surface area (Å²) in [5, 5.41) is 0. The fraction of sp³-hybridized carbons (Fsp3) is 0.350. The van der Waals surface area contributed by atoms with E-state index in [0.29, 0.717) is 6.54 Å². The summed E-state index contributed by atoms with van der Waals surface area (Å²) in [6.45, 7) is 6.59. The number of carbonyl (C=O) groups excluding carboxylic acids is 1. The van der Waals surface area contributed by atoms with Crippen LogP contribution in [0.4, 0.5) is 0 Å². The van der Waals surface area contributed by atoms with Gasteiger partial charge in [0.25, 0.3) is 5.91 Å². The van der Waals surface area contributed by atoms with Crippen LogP contribution in [0.15, 0.2) is 60.7 Å². The van der Waals surface area contributed by atoms with Crippen molar-refractivity contribution in [3.63, 3.8) is 0 Å². The van der Waals surface area contributed by atoms with Gasteiger partial charge in [-0.1, -0.05) is 60.7 Å². The molecular weight excluding hydrogens is 286 g/mol. The van der Waals surface area contributed by atoms with E-state index in [1.807, 2.05) is 55.1 Å². The highest BCUT2D eigenvalue weighted by Crippen LogP contribution is 2.38. The van der Waals surface area contributed by atoms with Crippen LogP contribution in [0.1, 0.15) is 37.9 Å². The molecule has 1 unspecified atom stereocenters. The number of nitrogens with zero attached hydrogens (tertiary/aromatic N) is 1. The molecule has 0 saturated carbocycles. The molecule has 2 aromatic rings. The molecule has 3 rings (SSSR count). The Morgan fingerprint density at radius 2 is 1.61 bits per heavy atom. The molecule has 0 aliphatic carbocycles. The second-order valence-corrected chi connectivity index (χ2v) is 6.64. The van der Waals surface area contributed by atoms with E-state index < -0.39 is 0 Å². The zero-order chi connectivity index (χ0) is 16.4. The molecule has 0 bridgehead atoms. The van der Waals surface area contributed by atoms with Crippen LogP contribution in [-0.4, -0.2) is 22.5 Å². The van der Waals surface area contributed by atoms with Crippen molar-refractivity contribution in [3.05, 3.63) is 71.8 Å². The Morgan fingerprint density at radius 3 is 2.13 bits per heavy atom. The summed E-state index contributed by atoms with van der Waals surface area (Å²) in [5.41, 5.74) is 1.92. The quantitative estimate of drug-likeness (QED) is 0.783. The predicted octanol–water partition coefficient (Wildman–Crippen LogP) is 3.95. The second-order valence-electron chi connectivity index (χ2n) is 6.64. The van der Waals surface area contributed by atoms with Gasteiger partial charge in [-0.05, 0) is 31.9 Å². The van der Waals surface area contributed by atoms with Gasteiger partial charge in [0.2, 0.25) is 0 Å². The van der Waals surface area contributed by atoms with Crippen LogP contribution in [0, 0.1) is 0 Å². The smallest absolute Gasteiger partial charge is 0.255 e. The average molecular weight is 309 g/mol. The van der Waals surface area contributed by atoms with Crippen LogP contribution in [0.5, 0.6) is 0 Å². The number of benzene rings is 2. The summed E-state index contributed by atoms with van der Waals surface area (Å²) < 4.78 is 5.58. The molecule has 3 nitrogen and oxygen atoms in total. The van der Waals surface area contributed by atoms with E-state index in [4.69, 9.17) is 4.74 Å². The summed E-state index contributed by atoms with van der Waals surface area (Å²) in [6, 6.07) is 20.2. The molecule has 0 aromatic heterocycles. The van der Waals surface area contributed by atoms with Crippen LogP contribution in [0.25, 0.3) is 0 Å². The first kappa shape index (κ1) is 15.8. The fourth-order valence-electron chi connectivity index (χ4n) is 2.87. The number of carbonyl (C=O) groups is 1. The molecule has 1 aliphatic rings. The summed E-state index contributed by atoms with van der Waals surface area (Å²) in [5.74, 6) is 0.0650. The van der Waals surface area contributed by atoms with Crippen molar-refractivity contribution in [3.8, 4) is 0 Å². The normalized spacial score (nSPS) is 19.9. The first-order chi connectivity index (χ1) is 11.0. The first-order valence-electron chi connectivity index (χ1n) is 8.06. The molecule has 0 radical (unpaired) electrons. The van der Waals surface area contributed by atoms with Crippen LogP contribution in [-0.2, 0) is 16.1 Å². The van der Waals surface area contributed by atoms with Crippen molar-refractivity contribution in [1.29, 1.82) is 0 Å². The van der Waals surface area contributed by atoms with Crippen molar-refractivity contribution in [2.45, 2.75) is 45.1 Å². The number of hydrogen-bond acceptors (Lipinski definition) is 2. The third-order valence-corrected chi connectivity index (χ3v) is 4.45. The van der Waals surface area contributed by atoms with Gasteiger partial charge in [0.1, 0.15) is 0 Å². The summed E-state index contributed by atoms with van der Waals surface area (Å²) in [6.07, 6.45) is -0.336. The maximum atomic E-state index is 12.9. The third-order valence-electron chi connectivity index (χ3n) is 4.45. The number of rotatable bonds is 5. The Kier molecular flexibility index (Phi) is 4.22. The minimum Gasteiger partial charge on any atom is -0.356 e. The highest BCUT2D eigenvalue weighted by Gasteiger charge is 2.54. The molecule has 2 aromatic carbocycles. The monoisotopic (exact) mass is 309 g/mol. The van der Waals surface area contributed by atoms with Gasteiger partial charge in [0, 0.05) is 6.54 Å². The van der Waals surface area contributed by atoms with Crippen LogP contribution in [0.2, 0.25) is 0 Å². The number of epoxide rings is 1. The third kappa shape index (κ3) is 3.45. The van der Waals surface area contributed by atoms with Gasteiger partial charge >= 0.3 is 0 Å². The van der Waals surface area contributed by atoms with E-state index in [9.17, 15) is 4.79 Å². The SMILES string of the molecule is C[C@@H](c1ccccc1)N(Cc1ccccc1)C(=O)C1OC1(C)C. The Balaban J connectivity index is 1.85. The molecule has 1 aliphatic heterocycles. The largest absolute Gasteiger partial charge is 0.356 e. The van der Waals surface area contributed by atoms with Crippen molar-refractivity contribution in [2.75, 3.05) is 0 Å². The lowest BCUT2D eigenvalue weighted by atomic mass is 10.0. The van der Waals surface area contributed by atoms with Gasteiger partial charge in [-0.3, -0.25) is 4.79 Å². The highest BCUT2D eigenvalue weighted by atomic mass is 16.6. The molecule has 1 saturated heterocycles. The standard InChI is InChI=1S/C20H23NO2/c1-15(17-12-8-5-9-13-17)21(14-16-10-6-4-7-11-16)19(22)18-20(2,3)23-18/h4-13,15,18H,14H2,1-3H3/t15-,18?/m0/s1. The molecule has 120 valence electrons. The molecule has 1 fully saturated rings. The van der Waals surface area contributed by atoms with E-state index in [2.05, 4.69) is 31.2 Å². The molecule has 1 heterocycles. The first-order valence-corrected chi connectivity index (χ1v) is 8.06. The number of amides is 1. The topological polar surface area (TPSA) is 32.8 Å². The van der Waals surface area contributed by atoms with Crippen molar-refractivity contribution in [1.82, 2.24) is 4.90 Å².